The summed E-state index contributed by atoms with van der Waals surface area (Å²) in [6.07, 6.45) is -4.72. The van der Waals surface area contributed by atoms with Crippen molar-refractivity contribution in [3.8, 4) is 11.8 Å². The van der Waals surface area contributed by atoms with Gasteiger partial charge in [-0.2, -0.15) is 5.26 Å². The van der Waals surface area contributed by atoms with Crippen LogP contribution < -0.4 is 10.1 Å². The first kappa shape index (κ1) is 15.2. The topological polar surface area (TPSA) is 45.0 Å². The van der Waals surface area contributed by atoms with E-state index in [1.54, 1.807) is 18.2 Å². The van der Waals surface area contributed by atoms with Crippen molar-refractivity contribution in [3.63, 3.8) is 0 Å². The molecule has 2 rings (SSSR count). The number of hydrogen-bond acceptors (Lipinski definition) is 3. The van der Waals surface area contributed by atoms with Gasteiger partial charge in [0, 0.05) is 10.2 Å². The molecule has 0 amide bonds. The Labute approximate surface area is 127 Å². The molecule has 0 aliphatic carbocycles. The van der Waals surface area contributed by atoms with E-state index in [9.17, 15) is 13.2 Å². The summed E-state index contributed by atoms with van der Waals surface area (Å²) in [5.41, 5.74) is 1.52. The Kier molecular flexibility index (Phi) is 4.38. The summed E-state index contributed by atoms with van der Waals surface area (Å²) in [5, 5.41) is 12.0. The molecule has 108 valence electrons. The van der Waals surface area contributed by atoms with Gasteiger partial charge in [0.2, 0.25) is 0 Å². The van der Waals surface area contributed by atoms with Crippen LogP contribution in [0.1, 0.15) is 5.56 Å². The van der Waals surface area contributed by atoms with Crippen molar-refractivity contribution < 1.29 is 17.9 Å². The highest BCUT2D eigenvalue weighted by Gasteiger charge is 2.30. The monoisotopic (exact) mass is 356 g/mol. The molecule has 0 spiro atoms. The maximum atomic E-state index is 12.1. The number of anilines is 2. The van der Waals surface area contributed by atoms with Crippen molar-refractivity contribution in [2.75, 3.05) is 5.32 Å². The molecule has 1 N–H and O–H groups in total. The molecular weight excluding hydrogens is 349 g/mol. The van der Waals surface area contributed by atoms with Crippen LogP contribution in [0.4, 0.5) is 24.5 Å². The Bertz CT molecular complexity index is 678. The first-order valence-electron chi connectivity index (χ1n) is 5.70. The van der Waals surface area contributed by atoms with Crippen LogP contribution in [-0.2, 0) is 0 Å². The molecule has 0 radical (unpaired) electrons. The van der Waals surface area contributed by atoms with Crippen LogP contribution in [0.5, 0.6) is 5.75 Å². The number of halogens is 4. The fraction of sp³-hybridized carbons (Fsp3) is 0.0714. The number of nitrogens with zero attached hydrogens (tertiary/aromatic N) is 1. The van der Waals surface area contributed by atoms with E-state index in [0.29, 0.717) is 16.9 Å². The van der Waals surface area contributed by atoms with Gasteiger partial charge in [0.25, 0.3) is 0 Å². The predicted molar refractivity (Wildman–Crippen MR) is 75.3 cm³/mol. The molecule has 0 unspecified atom stereocenters. The second kappa shape index (κ2) is 6.06. The Balaban J connectivity index is 2.18. The molecule has 7 heteroatoms. The Hall–Kier alpha value is -2.20. The van der Waals surface area contributed by atoms with Gasteiger partial charge in [-0.3, -0.25) is 0 Å². The minimum Gasteiger partial charge on any atom is -0.406 e. The van der Waals surface area contributed by atoms with Crippen LogP contribution in [0, 0.1) is 11.3 Å². The fourth-order valence-electron chi connectivity index (χ4n) is 1.61. The average molecular weight is 357 g/mol. The zero-order chi connectivity index (χ0) is 15.5. The molecule has 0 atom stereocenters. The third-order valence-corrected chi connectivity index (χ3v) is 2.96. The van der Waals surface area contributed by atoms with Gasteiger partial charge in [-0.05, 0) is 42.5 Å². The lowest BCUT2D eigenvalue weighted by atomic mass is 10.2. The van der Waals surface area contributed by atoms with Gasteiger partial charge in [0.1, 0.15) is 11.8 Å². The lowest BCUT2D eigenvalue weighted by molar-refractivity contribution is -0.274. The summed E-state index contributed by atoms with van der Waals surface area (Å²) in [4.78, 5) is 0. The second-order valence-corrected chi connectivity index (χ2v) is 4.91. The molecular formula is C14H8BrF3N2O. The SMILES string of the molecule is N#Cc1ccc(Br)cc1Nc1ccc(OC(F)(F)F)cc1. The maximum absolute atomic E-state index is 12.1. The number of alkyl halides is 3. The number of benzene rings is 2. The van der Waals surface area contributed by atoms with E-state index in [-0.39, 0.29) is 5.75 Å². The normalized spacial score (nSPS) is 10.8. The van der Waals surface area contributed by atoms with Crippen LogP contribution in [0.15, 0.2) is 46.9 Å². The molecule has 0 heterocycles. The van der Waals surface area contributed by atoms with Gasteiger partial charge in [-0.15, -0.1) is 13.2 Å². The second-order valence-electron chi connectivity index (χ2n) is 4.00. The number of nitriles is 1. The summed E-state index contributed by atoms with van der Waals surface area (Å²) < 4.78 is 40.7. The number of nitrogens with one attached hydrogen (secondary N) is 1. The van der Waals surface area contributed by atoms with E-state index in [0.717, 1.165) is 4.47 Å². The molecule has 0 saturated carbocycles. The molecule has 0 saturated heterocycles. The summed E-state index contributed by atoms with van der Waals surface area (Å²) >= 11 is 3.29. The summed E-state index contributed by atoms with van der Waals surface area (Å²) in [7, 11) is 0. The van der Waals surface area contributed by atoms with E-state index in [1.807, 2.05) is 6.07 Å². The van der Waals surface area contributed by atoms with Gasteiger partial charge in [-0.25, -0.2) is 0 Å². The van der Waals surface area contributed by atoms with Crippen LogP contribution >= 0.6 is 15.9 Å². The standard InChI is InChI=1S/C14H8BrF3N2O/c15-10-2-1-9(8-19)13(7-10)20-11-3-5-12(6-4-11)21-14(16,17)18/h1-7,20H. The van der Waals surface area contributed by atoms with Gasteiger partial charge >= 0.3 is 6.36 Å². The van der Waals surface area contributed by atoms with Crippen LogP contribution in [-0.4, -0.2) is 6.36 Å². The molecule has 3 nitrogen and oxygen atoms in total. The Morgan fingerprint density at radius 2 is 1.76 bits per heavy atom. The van der Waals surface area contributed by atoms with E-state index < -0.39 is 6.36 Å². The minimum atomic E-state index is -4.72. The average Bonchev–Trinajstić information content (AvgIpc) is 2.40. The predicted octanol–water partition coefficient (Wildman–Crippen LogP) is 4.96. The fourth-order valence-corrected chi connectivity index (χ4v) is 1.97. The zero-order valence-corrected chi connectivity index (χ0v) is 12.0. The minimum absolute atomic E-state index is 0.303. The quantitative estimate of drug-likeness (QED) is 0.844. The third kappa shape index (κ3) is 4.39. The molecule has 21 heavy (non-hydrogen) atoms. The summed E-state index contributed by atoms with van der Waals surface area (Å²) in [6.45, 7) is 0. The maximum Gasteiger partial charge on any atom is 0.573 e. The molecule has 2 aromatic rings. The summed E-state index contributed by atoms with van der Waals surface area (Å²) in [5.74, 6) is -0.303. The lowest BCUT2D eigenvalue weighted by Gasteiger charge is -2.11. The molecule has 2 aromatic carbocycles. The first-order valence-corrected chi connectivity index (χ1v) is 6.49. The largest absolute Gasteiger partial charge is 0.573 e. The van der Waals surface area contributed by atoms with Crippen molar-refractivity contribution >= 4 is 27.3 Å². The number of rotatable bonds is 3. The van der Waals surface area contributed by atoms with Gasteiger partial charge in [-0.1, -0.05) is 15.9 Å². The molecule has 0 fully saturated rings. The van der Waals surface area contributed by atoms with E-state index in [4.69, 9.17) is 5.26 Å². The van der Waals surface area contributed by atoms with Gasteiger partial charge in [0.15, 0.2) is 0 Å². The Morgan fingerprint density at radius 3 is 2.33 bits per heavy atom. The van der Waals surface area contributed by atoms with E-state index >= 15 is 0 Å². The van der Waals surface area contributed by atoms with Gasteiger partial charge < -0.3 is 10.1 Å². The highest BCUT2D eigenvalue weighted by molar-refractivity contribution is 9.10. The zero-order valence-electron chi connectivity index (χ0n) is 10.4. The van der Waals surface area contributed by atoms with Gasteiger partial charge in [0.05, 0.1) is 11.3 Å². The van der Waals surface area contributed by atoms with Crippen molar-refractivity contribution in [2.24, 2.45) is 0 Å². The number of ether oxygens (including phenoxy) is 1. The van der Waals surface area contributed by atoms with Crippen molar-refractivity contribution in [3.05, 3.63) is 52.5 Å². The van der Waals surface area contributed by atoms with Crippen LogP contribution in [0.3, 0.4) is 0 Å². The first-order chi connectivity index (χ1) is 9.87. The van der Waals surface area contributed by atoms with Crippen molar-refractivity contribution in [1.82, 2.24) is 0 Å². The lowest BCUT2D eigenvalue weighted by Crippen LogP contribution is -2.16. The number of hydrogen-bond donors (Lipinski definition) is 1. The molecule has 0 aromatic heterocycles. The van der Waals surface area contributed by atoms with Crippen LogP contribution in [0.2, 0.25) is 0 Å². The van der Waals surface area contributed by atoms with Crippen molar-refractivity contribution in [2.45, 2.75) is 6.36 Å². The van der Waals surface area contributed by atoms with E-state index in [2.05, 4.69) is 26.0 Å². The Morgan fingerprint density at radius 1 is 1.10 bits per heavy atom. The molecule has 0 bridgehead atoms. The summed E-state index contributed by atoms with van der Waals surface area (Å²) in [6, 6.07) is 12.4. The smallest absolute Gasteiger partial charge is 0.406 e. The van der Waals surface area contributed by atoms with Crippen molar-refractivity contribution in [1.29, 1.82) is 5.26 Å². The highest BCUT2D eigenvalue weighted by Crippen LogP contribution is 2.27. The third-order valence-electron chi connectivity index (χ3n) is 2.47. The van der Waals surface area contributed by atoms with E-state index in [1.165, 1.54) is 24.3 Å². The highest BCUT2D eigenvalue weighted by atomic mass is 79.9. The molecule has 0 aliphatic rings. The van der Waals surface area contributed by atoms with Crippen LogP contribution in [0.25, 0.3) is 0 Å². The molecule has 0 aliphatic heterocycles.